The van der Waals surface area contributed by atoms with Gasteiger partial charge in [-0.2, -0.15) is 0 Å². The lowest BCUT2D eigenvalue weighted by Crippen LogP contribution is -2.33. The van der Waals surface area contributed by atoms with Crippen LogP contribution >= 0.6 is 0 Å². The maximum atomic E-state index is 3.56. The van der Waals surface area contributed by atoms with Crippen LogP contribution in [-0.4, -0.2) is 26.7 Å². The summed E-state index contributed by atoms with van der Waals surface area (Å²) in [6.07, 6.45) is 2.47. The summed E-state index contributed by atoms with van der Waals surface area (Å²) in [6.45, 7) is 14.9. The first-order chi connectivity index (χ1) is 6.77. The standard InChI is InChI=1S/C13H30N2/c1-12(2,3)7-10-15-11-13(4,5)8-9-14-6/h14-15H,7-11H2,1-6H3. The second-order valence-electron chi connectivity index (χ2n) is 6.51. The third-order valence-corrected chi connectivity index (χ3v) is 2.71. The monoisotopic (exact) mass is 214 g/mol. The fraction of sp³-hybridized carbons (Fsp3) is 1.00. The molecule has 0 saturated carbocycles. The number of hydrogen-bond acceptors (Lipinski definition) is 2. The van der Waals surface area contributed by atoms with Crippen LogP contribution in [0, 0.1) is 10.8 Å². The molecule has 0 spiro atoms. The lowest BCUT2D eigenvalue weighted by Gasteiger charge is -2.26. The second-order valence-corrected chi connectivity index (χ2v) is 6.51. The summed E-state index contributed by atoms with van der Waals surface area (Å²) in [5.41, 5.74) is 0.850. The Hall–Kier alpha value is -0.0800. The van der Waals surface area contributed by atoms with E-state index < -0.39 is 0 Å². The maximum absolute atomic E-state index is 3.56. The van der Waals surface area contributed by atoms with E-state index in [4.69, 9.17) is 0 Å². The molecule has 2 N–H and O–H groups in total. The van der Waals surface area contributed by atoms with Crippen LogP contribution in [0.25, 0.3) is 0 Å². The molecular formula is C13H30N2. The summed E-state index contributed by atoms with van der Waals surface area (Å²) in [4.78, 5) is 0. The highest BCUT2D eigenvalue weighted by atomic mass is 14.9. The molecule has 0 aromatic carbocycles. The summed E-state index contributed by atoms with van der Waals surface area (Å²) in [5.74, 6) is 0. The van der Waals surface area contributed by atoms with Crippen molar-refractivity contribution in [1.29, 1.82) is 0 Å². The molecule has 0 heterocycles. The number of nitrogens with one attached hydrogen (secondary N) is 2. The van der Waals surface area contributed by atoms with Crippen LogP contribution in [0.5, 0.6) is 0 Å². The van der Waals surface area contributed by atoms with E-state index in [0.717, 1.165) is 19.6 Å². The number of hydrogen-bond donors (Lipinski definition) is 2. The summed E-state index contributed by atoms with van der Waals surface area (Å²) >= 11 is 0. The Morgan fingerprint density at radius 1 is 0.867 bits per heavy atom. The van der Waals surface area contributed by atoms with Crippen molar-refractivity contribution in [3.8, 4) is 0 Å². The molecule has 0 rings (SSSR count). The molecule has 0 amide bonds. The Labute approximate surface area is 96.2 Å². The average molecular weight is 214 g/mol. The van der Waals surface area contributed by atoms with Crippen LogP contribution in [0.2, 0.25) is 0 Å². The minimum absolute atomic E-state index is 0.404. The van der Waals surface area contributed by atoms with Crippen LogP contribution in [0.3, 0.4) is 0 Å². The first-order valence-corrected chi connectivity index (χ1v) is 6.12. The molecule has 2 heteroatoms. The molecule has 0 bridgehead atoms. The predicted octanol–water partition coefficient (Wildman–Crippen LogP) is 2.65. The largest absolute Gasteiger partial charge is 0.320 e. The van der Waals surface area contributed by atoms with Crippen molar-refractivity contribution in [3.63, 3.8) is 0 Å². The summed E-state index contributed by atoms with van der Waals surface area (Å²) in [5, 5.41) is 6.77. The van der Waals surface area contributed by atoms with Crippen LogP contribution in [0.4, 0.5) is 0 Å². The zero-order valence-corrected chi connectivity index (χ0v) is 11.5. The highest BCUT2D eigenvalue weighted by molar-refractivity contribution is 4.73. The molecule has 0 atom stereocenters. The van der Waals surface area contributed by atoms with Crippen molar-refractivity contribution < 1.29 is 0 Å². The minimum Gasteiger partial charge on any atom is -0.320 e. The van der Waals surface area contributed by atoms with Gasteiger partial charge in [-0.1, -0.05) is 34.6 Å². The van der Waals surface area contributed by atoms with Gasteiger partial charge in [0.2, 0.25) is 0 Å². The van der Waals surface area contributed by atoms with Crippen LogP contribution in [-0.2, 0) is 0 Å². The molecule has 15 heavy (non-hydrogen) atoms. The van der Waals surface area contributed by atoms with Gasteiger partial charge in [-0.15, -0.1) is 0 Å². The van der Waals surface area contributed by atoms with Gasteiger partial charge < -0.3 is 10.6 Å². The molecule has 0 fully saturated rings. The van der Waals surface area contributed by atoms with Gasteiger partial charge in [0, 0.05) is 6.54 Å². The SMILES string of the molecule is CNCCC(C)(C)CNCCC(C)(C)C. The smallest absolute Gasteiger partial charge is 0.000300 e. The molecule has 0 aliphatic carbocycles. The molecule has 0 aromatic rings. The molecule has 0 aliphatic heterocycles. The van der Waals surface area contributed by atoms with Gasteiger partial charge in [-0.3, -0.25) is 0 Å². The third-order valence-electron chi connectivity index (χ3n) is 2.71. The first kappa shape index (κ1) is 14.9. The van der Waals surface area contributed by atoms with Gasteiger partial charge >= 0.3 is 0 Å². The summed E-state index contributed by atoms with van der Waals surface area (Å²) in [7, 11) is 2.02. The topological polar surface area (TPSA) is 24.1 Å². The van der Waals surface area contributed by atoms with Crippen molar-refractivity contribution in [2.24, 2.45) is 10.8 Å². The van der Waals surface area contributed by atoms with E-state index in [1.165, 1.54) is 12.8 Å². The molecule has 0 aromatic heterocycles. The zero-order valence-electron chi connectivity index (χ0n) is 11.5. The van der Waals surface area contributed by atoms with Gasteiger partial charge in [0.25, 0.3) is 0 Å². The lowest BCUT2D eigenvalue weighted by molar-refractivity contribution is 0.295. The van der Waals surface area contributed by atoms with E-state index in [9.17, 15) is 0 Å². The molecule has 0 aliphatic rings. The van der Waals surface area contributed by atoms with E-state index in [1.54, 1.807) is 0 Å². The fourth-order valence-corrected chi connectivity index (χ4v) is 1.44. The van der Waals surface area contributed by atoms with Gasteiger partial charge in [-0.05, 0) is 43.8 Å². The van der Waals surface area contributed by atoms with Gasteiger partial charge in [0.15, 0.2) is 0 Å². The minimum atomic E-state index is 0.404. The highest BCUT2D eigenvalue weighted by Gasteiger charge is 2.17. The summed E-state index contributed by atoms with van der Waals surface area (Å²) < 4.78 is 0. The van der Waals surface area contributed by atoms with Crippen molar-refractivity contribution in [2.45, 2.75) is 47.5 Å². The molecule has 92 valence electrons. The fourth-order valence-electron chi connectivity index (χ4n) is 1.44. The third kappa shape index (κ3) is 10.2. The van der Waals surface area contributed by atoms with Crippen LogP contribution < -0.4 is 10.6 Å². The van der Waals surface area contributed by atoms with E-state index in [0.29, 0.717) is 10.8 Å². The van der Waals surface area contributed by atoms with Gasteiger partial charge in [0.1, 0.15) is 0 Å². The van der Waals surface area contributed by atoms with Crippen molar-refractivity contribution >= 4 is 0 Å². The summed E-state index contributed by atoms with van der Waals surface area (Å²) in [6, 6.07) is 0. The highest BCUT2D eigenvalue weighted by Crippen LogP contribution is 2.19. The van der Waals surface area contributed by atoms with Gasteiger partial charge in [0.05, 0.1) is 0 Å². The Kier molecular flexibility index (Phi) is 6.46. The quantitative estimate of drug-likeness (QED) is 0.637. The average Bonchev–Trinajstić information content (AvgIpc) is 2.08. The van der Waals surface area contributed by atoms with Crippen molar-refractivity contribution in [2.75, 3.05) is 26.7 Å². The Balaban J connectivity index is 3.57. The Bertz CT molecular complexity index is 156. The molecule has 2 nitrogen and oxygen atoms in total. The zero-order chi connectivity index (χ0) is 11.9. The van der Waals surface area contributed by atoms with Crippen molar-refractivity contribution in [1.82, 2.24) is 10.6 Å². The molecule has 0 saturated heterocycles. The van der Waals surface area contributed by atoms with E-state index >= 15 is 0 Å². The number of rotatable bonds is 7. The van der Waals surface area contributed by atoms with Crippen molar-refractivity contribution in [3.05, 3.63) is 0 Å². The van der Waals surface area contributed by atoms with Crippen LogP contribution in [0.15, 0.2) is 0 Å². The normalized spacial score (nSPS) is 13.2. The lowest BCUT2D eigenvalue weighted by atomic mass is 9.88. The Morgan fingerprint density at radius 3 is 1.93 bits per heavy atom. The molecular weight excluding hydrogens is 184 g/mol. The van der Waals surface area contributed by atoms with E-state index in [2.05, 4.69) is 45.3 Å². The molecule has 0 unspecified atom stereocenters. The van der Waals surface area contributed by atoms with Crippen LogP contribution in [0.1, 0.15) is 47.5 Å². The predicted molar refractivity (Wildman–Crippen MR) is 69.3 cm³/mol. The molecule has 0 radical (unpaired) electrons. The Morgan fingerprint density at radius 2 is 1.47 bits per heavy atom. The maximum Gasteiger partial charge on any atom is 0.000300 e. The second kappa shape index (κ2) is 6.49. The van der Waals surface area contributed by atoms with Gasteiger partial charge in [-0.25, -0.2) is 0 Å². The van der Waals surface area contributed by atoms with E-state index in [-0.39, 0.29) is 0 Å². The first-order valence-electron chi connectivity index (χ1n) is 6.12. The van der Waals surface area contributed by atoms with E-state index in [1.807, 2.05) is 7.05 Å².